The van der Waals surface area contributed by atoms with Crippen molar-refractivity contribution in [3.05, 3.63) is 33.3 Å². The number of benzene rings is 1. The van der Waals surface area contributed by atoms with Crippen LogP contribution in [0.3, 0.4) is 0 Å². The topological polar surface area (TPSA) is 63.2 Å². The third-order valence-corrected chi connectivity index (χ3v) is 6.37. The molecule has 2 unspecified atom stereocenters. The van der Waals surface area contributed by atoms with Crippen molar-refractivity contribution in [1.82, 2.24) is 5.32 Å². The van der Waals surface area contributed by atoms with E-state index in [1.165, 1.54) is 0 Å². The van der Waals surface area contributed by atoms with Crippen LogP contribution in [0, 0.1) is 0 Å². The summed E-state index contributed by atoms with van der Waals surface area (Å²) in [6.07, 6.45) is 0. The minimum Gasteiger partial charge on any atom is -0.347 e. The van der Waals surface area contributed by atoms with Crippen LogP contribution in [0.25, 0.3) is 0 Å². The molecule has 0 saturated carbocycles. The number of carbonyl (C=O) groups excluding carboxylic acids is 1. The van der Waals surface area contributed by atoms with Crippen molar-refractivity contribution in [1.29, 1.82) is 0 Å². The summed E-state index contributed by atoms with van der Waals surface area (Å²) in [7, 11) is -3.16. The van der Waals surface area contributed by atoms with Gasteiger partial charge in [-0.15, -0.1) is 11.6 Å². The van der Waals surface area contributed by atoms with Gasteiger partial charge in [-0.3, -0.25) is 4.79 Å². The lowest BCUT2D eigenvalue weighted by molar-refractivity contribution is 0.0941. The molecule has 1 aliphatic heterocycles. The quantitative estimate of drug-likeness (QED) is 0.792. The van der Waals surface area contributed by atoms with E-state index in [2.05, 4.69) is 21.2 Å². The number of halogens is 3. The van der Waals surface area contributed by atoms with Crippen LogP contribution in [0.2, 0.25) is 5.02 Å². The maximum Gasteiger partial charge on any atom is 0.251 e. The van der Waals surface area contributed by atoms with Crippen molar-refractivity contribution in [2.75, 3.05) is 11.5 Å². The highest BCUT2D eigenvalue weighted by atomic mass is 79.9. The number of hydrogen-bond acceptors (Lipinski definition) is 3. The molecule has 1 N–H and O–H groups in total. The fourth-order valence-corrected chi connectivity index (χ4v) is 4.87. The lowest BCUT2D eigenvalue weighted by Crippen LogP contribution is -2.40. The van der Waals surface area contributed by atoms with E-state index < -0.39 is 21.3 Å². The standard InChI is InChI=1S/C11H10BrCl2NO3S/c12-7-3-6(1-2-8(7)13)11(16)15-10-5-19(17,18)4-9(10)14/h1-3,9-10H,4-5H2,(H,15,16). The van der Waals surface area contributed by atoms with Gasteiger partial charge in [0.15, 0.2) is 9.84 Å². The van der Waals surface area contributed by atoms with Crippen LogP contribution in [0.5, 0.6) is 0 Å². The molecule has 0 bridgehead atoms. The second-order valence-corrected chi connectivity index (χ2v) is 8.28. The summed E-state index contributed by atoms with van der Waals surface area (Å²) in [5, 5.41) is 2.54. The van der Waals surface area contributed by atoms with Crippen LogP contribution < -0.4 is 5.32 Å². The van der Waals surface area contributed by atoms with E-state index in [9.17, 15) is 13.2 Å². The normalized spacial score (nSPS) is 25.2. The molecule has 2 rings (SSSR count). The summed E-state index contributed by atoms with van der Waals surface area (Å²) >= 11 is 15.0. The zero-order valence-electron chi connectivity index (χ0n) is 9.57. The van der Waals surface area contributed by atoms with E-state index in [1.54, 1.807) is 18.2 Å². The first-order valence-electron chi connectivity index (χ1n) is 5.39. The number of alkyl halides is 1. The fraction of sp³-hybridized carbons (Fsp3) is 0.364. The molecule has 4 nitrogen and oxygen atoms in total. The Bertz CT molecular complexity index is 620. The molecule has 1 amide bonds. The van der Waals surface area contributed by atoms with Gasteiger partial charge in [0.05, 0.1) is 27.9 Å². The molecular weight excluding hydrogens is 377 g/mol. The molecule has 1 heterocycles. The van der Waals surface area contributed by atoms with Crippen LogP contribution in [0.4, 0.5) is 0 Å². The molecule has 1 aromatic carbocycles. The first kappa shape index (κ1) is 15.1. The number of nitrogens with one attached hydrogen (secondary N) is 1. The van der Waals surface area contributed by atoms with Gasteiger partial charge in [-0.1, -0.05) is 11.6 Å². The van der Waals surface area contributed by atoms with E-state index in [-0.39, 0.29) is 17.4 Å². The highest BCUT2D eigenvalue weighted by Crippen LogP contribution is 2.24. The smallest absolute Gasteiger partial charge is 0.251 e. The van der Waals surface area contributed by atoms with Gasteiger partial charge in [-0.25, -0.2) is 8.42 Å². The maximum absolute atomic E-state index is 12.0. The summed E-state index contributed by atoms with van der Waals surface area (Å²) in [4.78, 5) is 12.0. The summed E-state index contributed by atoms with van der Waals surface area (Å²) in [5.74, 6) is -0.601. The number of rotatable bonds is 2. The van der Waals surface area contributed by atoms with Crippen molar-refractivity contribution in [2.45, 2.75) is 11.4 Å². The van der Waals surface area contributed by atoms with Crippen molar-refractivity contribution < 1.29 is 13.2 Å². The Balaban J connectivity index is 2.11. The first-order chi connectivity index (χ1) is 8.78. The zero-order chi connectivity index (χ0) is 14.2. The molecule has 2 atom stereocenters. The summed E-state index contributed by atoms with van der Waals surface area (Å²) in [6, 6.07) is 4.16. The number of hydrogen-bond donors (Lipinski definition) is 1. The molecule has 0 aliphatic carbocycles. The van der Waals surface area contributed by atoms with Gasteiger partial charge in [0, 0.05) is 10.0 Å². The van der Waals surface area contributed by atoms with Crippen molar-refractivity contribution in [3.63, 3.8) is 0 Å². The molecular formula is C11H10BrCl2NO3S. The van der Waals surface area contributed by atoms with Gasteiger partial charge < -0.3 is 5.32 Å². The fourth-order valence-electron chi connectivity index (χ4n) is 1.83. The number of carbonyl (C=O) groups is 1. The summed E-state index contributed by atoms with van der Waals surface area (Å²) in [6.45, 7) is 0. The van der Waals surface area contributed by atoms with Gasteiger partial charge in [-0.05, 0) is 34.1 Å². The lowest BCUT2D eigenvalue weighted by atomic mass is 10.2. The van der Waals surface area contributed by atoms with Crippen LogP contribution in [0.1, 0.15) is 10.4 Å². The van der Waals surface area contributed by atoms with Crippen molar-refractivity contribution in [2.24, 2.45) is 0 Å². The Morgan fingerprint density at radius 1 is 1.37 bits per heavy atom. The van der Waals surface area contributed by atoms with E-state index in [0.29, 0.717) is 15.1 Å². The Kier molecular flexibility index (Phi) is 4.45. The largest absolute Gasteiger partial charge is 0.347 e. The van der Waals surface area contributed by atoms with Gasteiger partial charge >= 0.3 is 0 Å². The molecule has 1 aromatic rings. The average molecular weight is 387 g/mol. The number of amides is 1. The molecule has 1 aliphatic rings. The Morgan fingerprint density at radius 3 is 2.58 bits per heavy atom. The van der Waals surface area contributed by atoms with Gasteiger partial charge in [0.2, 0.25) is 0 Å². The monoisotopic (exact) mass is 385 g/mol. The third-order valence-electron chi connectivity index (χ3n) is 2.78. The van der Waals surface area contributed by atoms with E-state index in [0.717, 1.165) is 0 Å². The predicted octanol–water partition coefficient (Wildman–Crippen LogP) is 2.24. The highest BCUT2D eigenvalue weighted by Gasteiger charge is 2.37. The average Bonchev–Trinajstić information content (AvgIpc) is 2.55. The minimum absolute atomic E-state index is 0.107. The van der Waals surface area contributed by atoms with Crippen molar-refractivity contribution in [3.8, 4) is 0 Å². The summed E-state index contributed by atoms with van der Waals surface area (Å²) < 4.78 is 23.4. The van der Waals surface area contributed by atoms with Gasteiger partial charge in [0.25, 0.3) is 5.91 Å². The van der Waals surface area contributed by atoms with Crippen LogP contribution >= 0.6 is 39.1 Å². The Hall–Kier alpha value is -0.300. The SMILES string of the molecule is O=C(NC1CS(=O)(=O)CC1Cl)c1ccc(Cl)c(Br)c1. The van der Waals surface area contributed by atoms with E-state index in [4.69, 9.17) is 23.2 Å². The predicted molar refractivity (Wildman–Crippen MR) is 78.7 cm³/mol. The Labute approximate surface area is 129 Å². The molecule has 19 heavy (non-hydrogen) atoms. The third kappa shape index (κ3) is 3.62. The van der Waals surface area contributed by atoms with Crippen LogP contribution in [0.15, 0.2) is 22.7 Å². The molecule has 1 fully saturated rings. The molecule has 0 spiro atoms. The van der Waals surface area contributed by atoms with E-state index in [1.807, 2.05) is 0 Å². The second-order valence-electron chi connectivity index (χ2n) is 4.30. The van der Waals surface area contributed by atoms with E-state index >= 15 is 0 Å². The first-order valence-corrected chi connectivity index (χ1v) is 8.82. The van der Waals surface area contributed by atoms with Crippen LogP contribution in [-0.4, -0.2) is 37.2 Å². The number of sulfone groups is 1. The molecule has 8 heteroatoms. The van der Waals surface area contributed by atoms with Gasteiger partial charge in [-0.2, -0.15) is 0 Å². The molecule has 0 radical (unpaired) electrons. The summed E-state index contributed by atoms with van der Waals surface area (Å²) in [5.41, 5.74) is 0.393. The molecule has 1 saturated heterocycles. The zero-order valence-corrected chi connectivity index (χ0v) is 13.5. The van der Waals surface area contributed by atoms with Gasteiger partial charge in [0.1, 0.15) is 0 Å². The van der Waals surface area contributed by atoms with Crippen molar-refractivity contribution >= 4 is 54.9 Å². The Morgan fingerprint density at radius 2 is 2.05 bits per heavy atom. The molecule has 104 valence electrons. The van der Waals surface area contributed by atoms with Crippen LogP contribution in [-0.2, 0) is 9.84 Å². The maximum atomic E-state index is 12.0. The minimum atomic E-state index is -3.16. The second kappa shape index (κ2) is 5.60. The molecule has 0 aromatic heterocycles. The lowest BCUT2D eigenvalue weighted by Gasteiger charge is -2.14. The highest BCUT2D eigenvalue weighted by molar-refractivity contribution is 9.10.